The Labute approximate surface area is 179 Å². The first-order valence-corrected chi connectivity index (χ1v) is 8.69. The average molecular weight is 551 g/mol. The van der Waals surface area contributed by atoms with Crippen LogP contribution in [-0.4, -0.2) is 72.9 Å². The summed E-state index contributed by atoms with van der Waals surface area (Å²) in [6, 6.07) is 0. The Morgan fingerprint density at radius 3 is 0.853 bits per heavy atom. The molecule has 0 atom stereocenters. The zero-order chi connectivity index (χ0) is 27.8. The van der Waals surface area contributed by atoms with Crippen molar-refractivity contribution < 1.29 is 79.0 Å². The first-order chi connectivity index (χ1) is 14.6. The van der Waals surface area contributed by atoms with Crippen LogP contribution < -0.4 is 0 Å². The van der Waals surface area contributed by atoms with Crippen LogP contribution in [0.4, 0.5) is 79.0 Å². The van der Waals surface area contributed by atoms with Crippen LogP contribution in [0, 0.1) is 0 Å². The monoisotopic (exact) mass is 551 g/mol. The first-order valence-electron chi connectivity index (χ1n) is 8.69. The zero-order valence-corrected chi connectivity index (χ0v) is 16.5. The Hall–Kier alpha value is -1.30. The van der Waals surface area contributed by atoms with Gasteiger partial charge in [0, 0.05) is 12.8 Å². The van der Waals surface area contributed by atoms with Crippen LogP contribution >= 0.6 is 0 Å². The Morgan fingerprint density at radius 2 is 0.647 bits per heavy atom. The van der Waals surface area contributed by atoms with E-state index in [0.717, 1.165) is 7.05 Å². The molecule has 0 aromatic carbocycles. The van der Waals surface area contributed by atoms with Crippen LogP contribution in [0.2, 0.25) is 0 Å². The van der Waals surface area contributed by atoms with E-state index in [0.29, 0.717) is 4.90 Å². The molecule has 206 valence electrons. The minimum Gasteiger partial charge on any atom is -0.306 e. The molecule has 0 aliphatic carbocycles. The molecule has 0 saturated carbocycles. The summed E-state index contributed by atoms with van der Waals surface area (Å²) < 4.78 is 228. The van der Waals surface area contributed by atoms with Crippen molar-refractivity contribution >= 4 is 0 Å². The molecule has 0 spiro atoms. The minimum absolute atomic E-state index is 0.603. The van der Waals surface area contributed by atoms with Gasteiger partial charge in [0.2, 0.25) is 0 Å². The molecule has 1 nitrogen and oxygen atoms in total. The van der Waals surface area contributed by atoms with Gasteiger partial charge in [0.05, 0.1) is 0 Å². The maximum Gasteiger partial charge on any atom is 0.460 e. The number of hydrogen-bond donors (Lipinski definition) is 0. The number of nitrogens with zero attached hydrogens (tertiary/aromatic N) is 1. The van der Waals surface area contributed by atoms with E-state index in [1.54, 1.807) is 0 Å². The van der Waals surface area contributed by atoms with Crippen LogP contribution in [-0.2, 0) is 0 Å². The van der Waals surface area contributed by atoms with Gasteiger partial charge in [0.25, 0.3) is 0 Å². The third kappa shape index (κ3) is 6.09. The lowest BCUT2D eigenvalue weighted by molar-refractivity contribution is -0.396. The van der Waals surface area contributed by atoms with Crippen LogP contribution in [0.15, 0.2) is 0 Å². The van der Waals surface area contributed by atoms with Crippen molar-refractivity contribution in [3.63, 3.8) is 0 Å². The van der Waals surface area contributed by atoms with Crippen molar-refractivity contribution in [3.05, 3.63) is 0 Å². The summed E-state index contributed by atoms with van der Waals surface area (Å²) >= 11 is 0. The van der Waals surface area contributed by atoms with Gasteiger partial charge in [0.1, 0.15) is 0 Å². The fourth-order valence-corrected chi connectivity index (χ4v) is 2.38. The van der Waals surface area contributed by atoms with Crippen molar-refractivity contribution in [2.24, 2.45) is 0 Å². The summed E-state index contributed by atoms with van der Waals surface area (Å²) in [6.45, 7) is -1.80. The van der Waals surface area contributed by atoms with Crippen LogP contribution in [0.5, 0.6) is 0 Å². The van der Waals surface area contributed by atoms with E-state index < -0.39 is 86.7 Å². The second kappa shape index (κ2) is 9.63. The molecule has 0 radical (unpaired) electrons. The van der Waals surface area contributed by atoms with Crippen molar-refractivity contribution in [2.45, 2.75) is 73.6 Å². The summed E-state index contributed by atoms with van der Waals surface area (Å²) in [7, 11) is 0.807. The van der Waals surface area contributed by atoms with Gasteiger partial charge >= 0.3 is 47.9 Å². The van der Waals surface area contributed by atoms with Gasteiger partial charge in [-0.3, -0.25) is 0 Å². The third-order valence-electron chi connectivity index (χ3n) is 4.48. The van der Waals surface area contributed by atoms with Gasteiger partial charge in [-0.15, -0.1) is 0 Å². The summed E-state index contributed by atoms with van der Waals surface area (Å²) in [5.74, 6) is -39.8. The molecule has 0 heterocycles. The van der Waals surface area contributed by atoms with E-state index in [4.69, 9.17) is 0 Å². The Kier molecular flexibility index (Phi) is 9.26. The molecular weight excluding hydrogens is 536 g/mol. The molecule has 0 aliphatic heterocycles. The Balaban J connectivity index is 4.96. The molecule has 0 saturated heterocycles. The van der Waals surface area contributed by atoms with Crippen molar-refractivity contribution in [1.29, 1.82) is 0 Å². The quantitative estimate of drug-likeness (QED) is 0.229. The van der Waals surface area contributed by atoms with E-state index in [2.05, 4.69) is 0 Å². The van der Waals surface area contributed by atoms with Gasteiger partial charge in [-0.25, -0.2) is 0 Å². The van der Waals surface area contributed by atoms with Gasteiger partial charge in [-0.05, 0) is 33.0 Å². The highest BCUT2D eigenvalue weighted by Crippen LogP contribution is 2.55. The fourth-order valence-electron chi connectivity index (χ4n) is 2.38. The van der Waals surface area contributed by atoms with Gasteiger partial charge in [-0.1, -0.05) is 0 Å². The lowest BCUT2D eigenvalue weighted by Gasteiger charge is -2.34. The van der Waals surface area contributed by atoms with E-state index >= 15 is 0 Å². The smallest absolute Gasteiger partial charge is 0.306 e. The first kappa shape index (κ1) is 32.7. The molecule has 0 unspecified atom stereocenters. The molecule has 0 aliphatic rings. The second-order valence-corrected chi connectivity index (χ2v) is 7.21. The molecule has 19 heteroatoms. The third-order valence-corrected chi connectivity index (χ3v) is 4.48. The maximum atomic E-state index is 13.3. The molecule has 0 amide bonds. The summed E-state index contributed by atoms with van der Waals surface area (Å²) in [5.41, 5.74) is 0. The molecule has 0 N–H and O–H groups in total. The summed E-state index contributed by atoms with van der Waals surface area (Å²) in [5, 5.41) is 0. The standard InChI is InChI=1S/C15H15F18N/c1-34(6-2-4-8(16,17)10(20,21)12(24,25)14(28,29)30)7-3-5-9(18,19)11(22,23)13(26,27)15(31,32)33/h2-7H2,1H3. The zero-order valence-electron chi connectivity index (χ0n) is 16.5. The lowest BCUT2D eigenvalue weighted by Crippen LogP contribution is -2.61. The van der Waals surface area contributed by atoms with E-state index in [9.17, 15) is 79.0 Å². The van der Waals surface area contributed by atoms with Crippen molar-refractivity contribution in [3.8, 4) is 0 Å². The molecule has 0 bridgehead atoms. The molecule has 0 fully saturated rings. The average Bonchev–Trinajstić information content (AvgIpc) is 2.58. The minimum atomic E-state index is -7.12. The number of rotatable bonds is 12. The van der Waals surface area contributed by atoms with Crippen LogP contribution in [0.3, 0.4) is 0 Å². The van der Waals surface area contributed by atoms with E-state index in [1.807, 2.05) is 0 Å². The van der Waals surface area contributed by atoms with Crippen LogP contribution in [0.1, 0.15) is 25.7 Å². The molecule has 0 aromatic rings. The number of alkyl halides is 18. The lowest BCUT2D eigenvalue weighted by atomic mass is 9.99. The largest absolute Gasteiger partial charge is 0.460 e. The number of halogens is 18. The maximum absolute atomic E-state index is 13.3. The molecule has 0 aromatic heterocycles. The van der Waals surface area contributed by atoms with Crippen molar-refractivity contribution in [1.82, 2.24) is 4.90 Å². The van der Waals surface area contributed by atoms with E-state index in [-0.39, 0.29) is 0 Å². The highest BCUT2D eigenvalue weighted by Gasteiger charge is 2.82. The van der Waals surface area contributed by atoms with Gasteiger partial charge in [0.15, 0.2) is 0 Å². The van der Waals surface area contributed by atoms with Gasteiger partial charge in [-0.2, -0.15) is 79.0 Å². The second-order valence-electron chi connectivity index (χ2n) is 7.21. The highest BCUT2D eigenvalue weighted by atomic mass is 19.4. The topological polar surface area (TPSA) is 3.24 Å². The normalized spacial score (nSPS) is 15.9. The molecule has 34 heavy (non-hydrogen) atoms. The Bertz CT molecular complexity index is 605. The van der Waals surface area contributed by atoms with Gasteiger partial charge < -0.3 is 4.90 Å². The molecular formula is C15H15F18N. The summed E-state index contributed by atoms with van der Waals surface area (Å²) in [6.07, 6.45) is -21.1. The predicted molar refractivity (Wildman–Crippen MR) is 77.8 cm³/mol. The SMILES string of the molecule is CN(CCCC(F)(F)C(F)(F)C(F)(F)C(F)(F)F)CCCC(F)(F)C(F)(F)C(F)(F)C(F)(F)F. The predicted octanol–water partition coefficient (Wildman–Crippen LogP) is 7.42. The van der Waals surface area contributed by atoms with E-state index in [1.165, 1.54) is 0 Å². The Morgan fingerprint density at radius 1 is 0.412 bits per heavy atom. The summed E-state index contributed by atoms with van der Waals surface area (Å²) in [4.78, 5) is 0.603. The highest BCUT2D eigenvalue weighted by molar-refractivity contribution is 5.01. The van der Waals surface area contributed by atoms with Crippen molar-refractivity contribution in [2.75, 3.05) is 20.1 Å². The van der Waals surface area contributed by atoms with Crippen LogP contribution in [0.25, 0.3) is 0 Å². The number of hydrogen-bond acceptors (Lipinski definition) is 1. The molecule has 0 rings (SSSR count). The fraction of sp³-hybridized carbons (Fsp3) is 1.00.